The third-order valence-corrected chi connectivity index (χ3v) is 5.76. The number of hydrogen-bond donors (Lipinski definition) is 0. The van der Waals surface area contributed by atoms with Crippen LogP contribution in [0.15, 0.2) is 34.2 Å². The SMILES string of the molecule is CCOC(=O)c1cnc2c(SCN3CCSCC3)cccn2c1=O. The molecular formula is C16H19N3O3S2. The van der Waals surface area contributed by atoms with E-state index in [1.54, 1.807) is 30.9 Å². The van der Waals surface area contributed by atoms with Crippen molar-refractivity contribution in [3.63, 3.8) is 0 Å². The molecule has 1 aliphatic heterocycles. The molecule has 0 saturated carbocycles. The first-order valence-corrected chi connectivity index (χ1v) is 9.95. The molecule has 0 amide bonds. The minimum absolute atomic E-state index is 0.0374. The van der Waals surface area contributed by atoms with Crippen LogP contribution in [-0.4, -0.2) is 57.3 Å². The van der Waals surface area contributed by atoms with Crippen molar-refractivity contribution >= 4 is 35.1 Å². The molecule has 0 atom stereocenters. The number of thioether (sulfide) groups is 2. The Bertz CT molecular complexity index is 788. The fraction of sp³-hybridized carbons (Fsp3) is 0.438. The van der Waals surface area contributed by atoms with Crippen molar-refractivity contribution in [2.24, 2.45) is 0 Å². The van der Waals surface area contributed by atoms with E-state index in [2.05, 4.69) is 9.88 Å². The van der Waals surface area contributed by atoms with E-state index in [1.807, 2.05) is 17.8 Å². The third-order valence-electron chi connectivity index (χ3n) is 3.70. The van der Waals surface area contributed by atoms with Crippen molar-refractivity contribution in [1.29, 1.82) is 0 Å². The van der Waals surface area contributed by atoms with Crippen LogP contribution in [0.25, 0.3) is 5.65 Å². The van der Waals surface area contributed by atoms with Gasteiger partial charge in [0.05, 0.1) is 11.5 Å². The van der Waals surface area contributed by atoms with E-state index in [0.29, 0.717) is 5.65 Å². The second kappa shape index (κ2) is 8.04. The van der Waals surface area contributed by atoms with Gasteiger partial charge in [-0.2, -0.15) is 11.8 Å². The van der Waals surface area contributed by atoms with Crippen LogP contribution in [-0.2, 0) is 4.74 Å². The maximum absolute atomic E-state index is 12.5. The maximum Gasteiger partial charge on any atom is 0.345 e. The molecule has 1 saturated heterocycles. The average Bonchev–Trinajstić information content (AvgIpc) is 2.61. The predicted molar refractivity (Wildman–Crippen MR) is 97.0 cm³/mol. The zero-order valence-electron chi connectivity index (χ0n) is 13.4. The largest absolute Gasteiger partial charge is 0.462 e. The van der Waals surface area contributed by atoms with Crippen molar-refractivity contribution in [1.82, 2.24) is 14.3 Å². The van der Waals surface area contributed by atoms with Gasteiger partial charge in [-0.05, 0) is 19.1 Å². The Hall–Kier alpha value is -1.51. The highest BCUT2D eigenvalue weighted by atomic mass is 32.2. The van der Waals surface area contributed by atoms with Crippen LogP contribution in [0.2, 0.25) is 0 Å². The normalized spacial score (nSPS) is 15.5. The third kappa shape index (κ3) is 3.76. The molecule has 1 fully saturated rings. The molecule has 2 aromatic heterocycles. The van der Waals surface area contributed by atoms with E-state index in [1.165, 1.54) is 10.6 Å². The monoisotopic (exact) mass is 365 g/mol. The van der Waals surface area contributed by atoms with Crippen molar-refractivity contribution in [2.75, 3.05) is 37.1 Å². The van der Waals surface area contributed by atoms with Crippen LogP contribution in [0.1, 0.15) is 17.3 Å². The summed E-state index contributed by atoms with van der Waals surface area (Å²) >= 11 is 3.65. The lowest BCUT2D eigenvalue weighted by Gasteiger charge is -2.25. The summed E-state index contributed by atoms with van der Waals surface area (Å²) in [5, 5.41) is 0. The molecule has 8 heteroatoms. The summed E-state index contributed by atoms with van der Waals surface area (Å²) in [6.07, 6.45) is 2.95. The molecule has 6 nitrogen and oxygen atoms in total. The van der Waals surface area contributed by atoms with Crippen LogP contribution in [0.5, 0.6) is 0 Å². The number of carbonyl (C=O) groups is 1. The van der Waals surface area contributed by atoms with Gasteiger partial charge in [0.15, 0.2) is 5.65 Å². The number of ether oxygens (including phenoxy) is 1. The number of aromatic nitrogens is 2. The number of fused-ring (bicyclic) bond motifs is 1. The van der Waals surface area contributed by atoms with Gasteiger partial charge in [-0.3, -0.25) is 14.1 Å². The second-order valence-corrected chi connectivity index (χ2v) is 7.48. The zero-order valence-corrected chi connectivity index (χ0v) is 15.1. The van der Waals surface area contributed by atoms with Crippen LogP contribution < -0.4 is 5.56 Å². The molecule has 0 bridgehead atoms. The molecule has 3 heterocycles. The van der Waals surface area contributed by atoms with Crippen LogP contribution >= 0.6 is 23.5 Å². The van der Waals surface area contributed by atoms with Gasteiger partial charge in [0.1, 0.15) is 5.56 Å². The fourth-order valence-corrected chi connectivity index (χ4v) is 4.45. The van der Waals surface area contributed by atoms with Crippen molar-refractivity contribution in [2.45, 2.75) is 11.8 Å². The first-order chi connectivity index (χ1) is 11.7. The van der Waals surface area contributed by atoms with Crippen LogP contribution in [0.3, 0.4) is 0 Å². The summed E-state index contributed by atoms with van der Waals surface area (Å²) in [5.41, 5.74) is 0.145. The maximum atomic E-state index is 12.5. The Morgan fingerprint density at radius 1 is 1.42 bits per heavy atom. The molecule has 1 aliphatic rings. The fourth-order valence-electron chi connectivity index (χ4n) is 2.43. The first-order valence-electron chi connectivity index (χ1n) is 7.81. The smallest absolute Gasteiger partial charge is 0.345 e. The molecule has 0 aliphatic carbocycles. The average molecular weight is 365 g/mol. The minimum atomic E-state index is -0.631. The van der Waals surface area contributed by atoms with Crippen molar-refractivity contribution in [3.8, 4) is 0 Å². The minimum Gasteiger partial charge on any atom is -0.462 e. The summed E-state index contributed by atoms with van der Waals surface area (Å²) in [4.78, 5) is 32.0. The molecule has 24 heavy (non-hydrogen) atoms. The Balaban J connectivity index is 1.86. The lowest BCUT2D eigenvalue weighted by atomic mass is 10.3. The summed E-state index contributed by atoms with van der Waals surface area (Å²) in [6, 6.07) is 3.76. The number of nitrogens with zero attached hydrogens (tertiary/aromatic N) is 3. The summed E-state index contributed by atoms with van der Waals surface area (Å²) in [7, 11) is 0. The molecular weight excluding hydrogens is 346 g/mol. The van der Waals surface area contributed by atoms with Gasteiger partial charge in [-0.1, -0.05) is 0 Å². The number of pyridine rings is 1. The Labute approximate surface area is 148 Å². The van der Waals surface area contributed by atoms with Gasteiger partial charge in [0, 0.05) is 42.9 Å². The van der Waals surface area contributed by atoms with E-state index in [0.717, 1.165) is 35.4 Å². The zero-order chi connectivity index (χ0) is 16.9. The quantitative estimate of drug-likeness (QED) is 0.593. The predicted octanol–water partition coefficient (Wildman–Crippen LogP) is 1.97. The molecule has 0 N–H and O–H groups in total. The Morgan fingerprint density at radius 2 is 2.21 bits per heavy atom. The van der Waals surface area contributed by atoms with E-state index < -0.39 is 11.5 Å². The number of hydrogen-bond acceptors (Lipinski definition) is 7. The lowest BCUT2D eigenvalue weighted by molar-refractivity contribution is 0.0523. The standard InChI is InChI=1S/C16H19N3O3S2/c1-2-22-16(21)12-10-17-14-13(4-3-5-19(14)15(12)20)24-11-18-6-8-23-9-7-18/h3-5,10H,2,6-9,11H2,1H3. The van der Waals surface area contributed by atoms with E-state index in [-0.39, 0.29) is 12.2 Å². The van der Waals surface area contributed by atoms with Gasteiger partial charge in [0.25, 0.3) is 5.56 Å². The summed E-state index contributed by atoms with van der Waals surface area (Å²) in [5.74, 6) is 2.57. The molecule has 3 rings (SSSR count). The second-order valence-electron chi connectivity index (χ2n) is 5.27. The van der Waals surface area contributed by atoms with Crippen LogP contribution in [0.4, 0.5) is 0 Å². The Morgan fingerprint density at radius 3 is 2.96 bits per heavy atom. The molecule has 0 aromatic carbocycles. The van der Waals surface area contributed by atoms with Crippen molar-refractivity contribution in [3.05, 3.63) is 40.4 Å². The number of carbonyl (C=O) groups excluding carboxylic acids is 1. The number of rotatable bonds is 5. The van der Waals surface area contributed by atoms with Gasteiger partial charge < -0.3 is 4.74 Å². The number of esters is 1. The highest BCUT2D eigenvalue weighted by molar-refractivity contribution is 7.99. The van der Waals surface area contributed by atoms with Gasteiger partial charge >= 0.3 is 5.97 Å². The summed E-state index contributed by atoms with van der Waals surface area (Å²) in [6.45, 7) is 4.11. The van der Waals surface area contributed by atoms with Crippen LogP contribution in [0, 0.1) is 0 Å². The van der Waals surface area contributed by atoms with Crippen molar-refractivity contribution < 1.29 is 9.53 Å². The van der Waals surface area contributed by atoms with E-state index in [4.69, 9.17) is 4.74 Å². The van der Waals surface area contributed by atoms with Gasteiger partial charge in [-0.25, -0.2) is 9.78 Å². The molecule has 2 aromatic rings. The molecule has 0 radical (unpaired) electrons. The van der Waals surface area contributed by atoms with Gasteiger partial charge in [-0.15, -0.1) is 11.8 Å². The van der Waals surface area contributed by atoms with Gasteiger partial charge in [0.2, 0.25) is 0 Å². The van der Waals surface area contributed by atoms with E-state index >= 15 is 0 Å². The molecule has 0 unspecified atom stereocenters. The first kappa shape index (κ1) is 17.3. The molecule has 128 valence electrons. The Kier molecular flexibility index (Phi) is 5.80. The summed E-state index contributed by atoms with van der Waals surface area (Å²) < 4.78 is 6.33. The molecule has 0 spiro atoms. The van der Waals surface area contributed by atoms with E-state index in [9.17, 15) is 9.59 Å². The highest BCUT2D eigenvalue weighted by Crippen LogP contribution is 2.23. The highest BCUT2D eigenvalue weighted by Gasteiger charge is 2.16. The topological polar surface area (TPSA) is 63.9 Å². The lowest BCUT2D eigenvalue weighted by Crippen LogP contribution is -2.32.